The third-order valence-electron chi connectivity index (χ3n) is 4.40. The Balaban J connectivity index is 1.64. The van der Waals surface area contributed by atoms with Crippen molar-refractivity contribution in [2.24, 2.45) is 5.92 Å². The highest BCUT2D eigenvalue weighted by Gasteiger charge is 2.36. The molecule has 2 aliphatic heterocycles. The minimum absolute atomic E-state index is 0.0384. The third-order valence-corrected chi connectivity index (χ3v) is 4.40. The number of rotatable bonds is 5. The molecule has 0 aromatic heterocycles. The minimum atomic E-state index is -0.583. The lowest BCUT2D eigenvalue weighted by molar-refractivity contribution is -0.124. The Bertz CT molecular complexity index is 702. The first kappa shape index (κ1) is 17.3. The van der Waals surface area contributed by atoms with Crippen LogP contribution in [0, 0.1) is 5.92 Å². The largest absolute Gasteiger partial charge is 0.452 e. The molecule has 0 radical (unpaired) electrons. The monoisotopic (exact) mass is 345 g/mol. The molecule has 1 atom stereocenters. The highest BCUT2D eigenvalue weighted by Crippen LogP contribution is 2.37. The van der Waals surface area contributed by atoms with Gasteiger partial charge >= 0.3 is 5.97 Å². The van der Waals surface area contributed by atoms with Crippen molar-refractivity contribution < 1.29 is 19.1 Å². The second kappa shape index (κ2) is 7.13. The number of nitrogens with zero attached hydrogens (tertiary/aromatic N) is 1. The predicted octanol–water partition coefficient (Wildman–Crippen LogP) is 1.54. The molecular formula is C18H23N3O4. The van der Waals surface area contributed by atoms with Crippen molar-refractivity contribution in [3.63, 3.8) is 0 Å². The number of esters is 1. The maximum absolute atomic E-state index is 12.2. The molecule has 1 saturated heterocycles. The molecule has 2 heterocycles. The fourth-order valence-electron chi connectivity index (χ4n) is 3.14. The van der Waals surface area contributed by atoms with Crippen molar-refractivity contribution in [1.29, 1.82) is 0 Å². The van der Waals surface area contributed by atoms with Crippen LogP contribution >= 0.6 is 0 Å². The van der Waals surface area contributed by atoms with Crippen molar-refractivity contribution in [2.45, 2.75) is 32.7 Å². The van der Waals surface area contributed by atoms with E-state index in [1.807, 2.05) is 19.9 Å². The van der Waals surface area contributed by atoms with Gasteiger partial charge in [0.1, 0.15) is 6.04 Å². The van der Waals surface area contributed by atoms with Crippen LogP contribution in [0.5, 0.6) is 0 Å². The van der Waals surface area contributed by atoms with Crippen molar-refractivity contribution >= 4 is 29.2 Å². The van der Waals surface area contributed by atoms with Crippen LogP contribution in [0.2, 0.25) is 0 Å². The van der Waals surface area contributed by atoms with E-state index in [-0.39, 0.29) is 24.5 Å². The van der Waals surface area contributed by atoms with Crippen LogP contribution in [0.1, 0.15) is 37.0 Å². The Kier molecular flexibility index (Phi) is 4.92. The molecule has 7 heteroatoms. The van der Waals surface area contributed by atoms with Gasteiger partial charge in [0.05, 0.1) is 16.9 Å². The van der Waals surface area contributed by atoms with Gasteiger partial charge in [0.25, 0.3) is 5.91 Å². The summed E-state index contributed by atoms with van der Waals surface area (Å²) in [6.45, 7) is 5.03. The standard InChI is InChI=1S/C18H23N3O4/c1-11(2)9-19-16(22)10-25-18(24)12-5-6-14-13(8-12)20-17(23)15-4-3-7-21(14)15/h5-6,8,11,15H,3-4,7,9-10H2,1-2H3,(H,19,22)(H,20,23)/t15-/m0/s1. The average molecular weight is 345 g/mol. The van der Waals surface area contributed by atoms with Gasteiger partial charge in [0.2, 0.25) is 5.91 Å². The fourth-order valence-corrected chi connectivity index (χ4v) is 3.14. The molecule has 0 spiro atoms. The number of carbonyl (C=O) groups is 3. The van der Waals surface area contributed by atoms with Crippen LogP contribution in [-0.2, 0) is 14.3 Å². The maximum atomic E-state index is 12.2. The number of benzene rings is 1. The van der Waals surface area contributed by atoms with Gasteiger partial charge in [-0.25, -0.2) is 4.79 Å². The lowest BCUT2D eigenvalue weighted by Gasteiger charge is -2.33. The lowest BCUT2D eigenvalue weighted by atomic mass is 10.1. The molecule has 7 nitrogen and oxygen atoms in total. The summed E-state index contributed by atoms with van der Waals surface area (Å²) in [7, 11) is 0. The van der Waals surface area contributed by atoms with Gasteiger partial charge in [0, 0.05) is 13.1 Å². The number of carbonyl (C=O) groups excluding carboxylic acids is 3. The number of amides is 2. The normalized spacial score (nSPS) is 18.4. The average Bonchev–Trinajstić information content (AvgIpc) is 3.08. The van der Waals surface area contributed by atoms with Crippen LogP contribution in [0.15, 0.2) is 18.2 Å². The summed E-state index contributed by atoms with van der Waals surface area (Å²) in [6.07, 6.45) is 1.83. The van der Waals surface area contributed by atoms with E-state index in [9.17, 15) is 14.4 Å². The summed E-state index contributed by atoms with van der Waals surface area (Å²) < 4.78 is 5.05. The number of hydrogen-bond donors (Lipinski definition) is 2. The number of nitrogens with one attached hydrogen (secondary N) is 2. The molecule has 1 aromatic carbocycles. The van der Waals surface area contributed by atoms with Gasteiger partial charge in [-0.15, -0.1) is 0 Å². The summed E-state index contributed by atoms with van der Waals surface area (Å²) in [5, 5.41) is 5.55. The molecule has 134 valence electrons. The highest BCUT2D eigenvalue weighted by molar-refractivity contribution is 6.05. The Morgan fingerprint density at radius 3 is 2.96 bits per heavy atom. The molecule has 0 unspecified atom stereocenters. The second-order valence-electron chi connectivity index (χ2n) is 6.85. The summed E-state index contributed by atoms with van der Waals surface area (Å²) in [4.78, 5) is 38.0. The van der Waals surface area contributed by atoms with Crippen LogP contribution in [0.3, 0.4) is 0 Å². The first-order valence-electron chi connectivity index (χ1n) is 8.61. The van der Waals surface area contributed by atoms with E-state index in [1.165, 1.54) is 0 Å². The molecule has 2 aliphatic rings. The molecular weight excluding hydrogens is 322 g/mol. The van der Waals surface area contributed by atoms with Crippen molar-refractivity contribution in [3.05, 3.63) is 23.8 Å². The Hall–Kier alpha value is -2.57. The van der Waals surface area contributed by atoms with E-state index in [0.717, 1.165) is 25.1 Å². The van der Waals surface area contributed by atoms with Crippen LogP contribution in [0.4, 0.5) is 11.4 Å². The topological polar surface area (TPSA) is 87.7 Å². The molecule has 0 bridgehead atoms. The van der Waals surface area contributed by atoms with E-state index in [2.05, 4.69) is 15.5 Å². The molecule has 25 heavy (non-hydrogen) atoms. The zero-order valence-corrected chi connectivity index (χ0v) is 14.5. The highest BCUT2D eigenvalue weighted by atomic mass is 16.5. The first-order chi connectivity index (χ1) is 12.0. The lowest BCUT2D eigenvalue weighted by Crippen LogP contribution is -2.43. The van der Waals surface area contributed by atoms with Crippen molar-refractivity contribution in [1.82, 2.24) is 5.32 Å². The van der Waals surface area contributed by atoms with E-state index >= 15 is 0 Å². The van der Waals surface area contributed by atoms with E-state index < -0.39 is 5.97 Å². The van der Waals surface area contributed by atoms with Crippen molar-refractivity contribution in [3.8, 4) is 0 Å². The Labute approximate surface area is 146 Å². The molecule has 1 fully saturated rings. The molecule has 0 aliphatic carbocycles. The summed E-state index contributed by atoms with van der Waals surface area (Å²) in [5.41, 5.74) is 1.85. The van der Waals surface area contributed by atoms with Crippen LogP contribution in [-0.4, -0.2) is 43.5 Å². The van der Waals surface area contributed by atoms with E-state index in [1.54, 1.807) is 12.1 Å². The Morgan fingerprint density at radius 2 is 2.20 bits per heavy atom. The Morgan fingerprint density at radius 1 is 1.40 bits per heavy atom. The molecule has 0 saturated carbocycles. The third kappa shape index (κ3) is 3.75. The second-order valence-corrected chi connectivity index (χ2v) is 6.85. The first-order valence-corrected chi connectivity index (χ1v) is 8.61. The fraction of sp³-hybridized carbons (Fsp3) is 0.500. The molecule has 2 amide bonds. The van der Waals surface area contributed by atoms with Crippen molar-refractivity contribution in [2.75, 3.05) is 29.9 Å². The maximum Gasteiger partial charge on any atom is 0.338 e. The molecule has 2 N–H and O–H groups in total. The van der Waals surface area contributed by atoms with Gasteiger partial charge in [0.15, 0.2) is 6.61 Å². The number of hydrogen-bond acceptors (Lipinski definition) is 5. The van der Waals surface area contributed by atoms with Gasteiger partial charge in [-0.2, -0.15) is 0 Å². The van der Waals surface area contributed by atoms with Crippen LogP contribution < -0.4 is 15.5 Å². The zero-order chi connectivity index (χ0) is 18.0. The van der Waals surface area contributed by atoms with E-state index in [0.29, 0.717) is 23.7 Å². The van der Waals surface area contributed by atoms with Gasteiger partial charge in [-0.3, -0.25) is 9.59 Å². The number of ether oxygens (including phenoxy) is 1. The van der Waals surface area contributed by atoms with Gasteiger partial charge in [-0.1, -0.05) is 13.8 Å². The summed E-state index contributed by atoms with van der Waals surface area (Å²) in [6, 6.07) is 4.98. The smallest absolute Gasteiger partial charge is 0.338 e. The quantitative estimate of drug-likeness (QED) is 0.791. The predicted molar refractivity (Wildman–Crippen MR) is 93.6 cm³/mol. The molecule has 3 rings (SSSR count). The van der Waals surface area contributed by atoms with Gasteiger partial charge < -0.3 is 20.3 Å². The SMILES string of the molecule is CC(C)CNC(=O)COC(=O)c1ccc2c(c1)NC(=O)[C@@H]1CCCN21. The summed E-state index contributed by atoms with van der Waals surface area (Å²) in [5.74, 6) is -0.615. The number of fused-ring (bicyclic) bond motifs is 3. The zero-order valence-electron chi connectivity index (χ0n) is 14.5. The van der Waals surface area contributed by atoms with Gasteiger partial charge in [-0.05, 0) is 37.0 Å². The van der Waals surface area contributed by atoms with E-state index in [4.69, 9.17) is 4.74 Å². The summed E-state index contributed by atoms with van der Waals surface area (Å²) >= 11 is 0. The minimum Gasteiger partial charge on any atom is -0.452 e. The number of anilines is 2. The molecule has 1 aromatic rings. The van der Waals surface area contributed by atoms with Crippen LogP contribution in [0.25, 0.3) is 0 Å².